The van der Waals surface area contributed by atoms with E-state index in [2.05, 4.69) is 0 Å². The highest BCUT2D eigenvalue weighted by Gasteiger charge is 2.45. The molecule has 3 aromatic rings. The van der Waals surface area contributed by atoms with E-state index in [-0.39, 0.29) is 11.3 Å². The normalized spacial score (nSPS) is 16.9. The molecule has 7 nitrogen and oxygen atoms in total. The zero-order chi connectivity index (χ0) is 26.4. The lowest BCUT2D eigenvalue weighted by molar-refractivity contribution is -0.140. The number of hydrogen-bond acceptors (Lipinski definition) is 6. The topological polar surface area (TPSA) is 79.3 Å². The number of ether oxygens (including phenoxy) is 2. The van der Waals surface area contributed by atoms with Gasteiger partial charge in [0, 0.05) is 18.7 Å². The summed E-state index contributed by atoms with van der Waals surface area (Å²) in [5, 5.41) is 11.3. The van der Waals surface area contributed by atoms with Gasteiger partial charge >= 0.3 is 0 Å². The van der Waals surface area contributed by atoms with Gasteiger partial charge in [-0.05, 0) is 56.4 Å². The van der Waals surface area contributed by atoms with Gasteiger partial charge < -0.3 is 24.4 Å². The van der Waals surface area contributed by atoms with E-state index in [1.807, 2.05) is 80.5 Å². The molecule has 0 radical (unpaired) electrons. The highest BCUT2D eigenvalue weighted by Crippen LogP contribution is 2.40. The van der Waals surface area contributed by atoms with Crippen LogP contribution in [-0.2, 0) is 16.2 Å². The Labute approximate surface area is 217 Å². The number of Topliss-reactive ketones (excluding diaryl/α,β-unsaturated/α-hetero) is 1. The molecule has 1 aliphatic heterocycles. The fourth-order valence-electron chi connectivity index (χ4n) is 4.31. The van der Waals surface area contributed by atoms with Crippen molar-refractivity contribution < 1.29 is 24.2 Å². The van der Waals surface area contributed by atoms with Crippen LogP contribution in [0.2, 0.25) is 0 Å². The van der Waals surface area contributed by atoms with Crippen molar-refractivity contribution in [3.8, 4) is 11.5 Å². The van der Waals surface area contributed by atoms with Gasteiger partial charge in [-0.1, -0.05) is 54.6 Å². The summed E-state index contributed by atoms with van der Waals surface area (Å²) in [7, 11) is 3.81. The molecule has 4 rings (SSSR count). The SMILES string of the molecule is CCOc1cccc(/C(O)=C2/C(=O)C(=O)N(CCN(C)C)C2c2ccc(OCc3ccccc3)cc2)c1. The summed E-state index contributed by atoms with van der Waals surface area (Å²) in [6, 6.07) is 23.3. The third-order valence-corrected chi connectivity index (χ3v) is 6.19. The molecular formula is C30H32N2O5. The Bertz CT molecular complexity index is 1270. The number of likely N-dealkylation sites (N-methyl/N-ethyl adjacent to an activating group) is 1. The van der Waals surface area contributed by atoms with Gasteiger partial charge in [0.1, 0.15) is 23.9 Å². The van der Waals surface area contributed by atoms with Crippen molar-refractivity contribution in [3.63, 3.8) is 0 Å². The quantitative estimate of drug-likeness (QED) is 0.248. The first kappa shape index (κ1) is 26.0. The van der Waals surface area contributed by atoms with Crippen LogP contribution in [0.5, 0.6) is 11.5 Å². The maximum Gasteiger partial charge on any atom is 0.295 e. The molecule has 7 heteroatoms. The Kier molecular flexibility index (Phi) is 8.25. The fourth-order valence-corrected chi connectivity index (χ4v) is 4.31. The van der Waals surface area contributed by atoms with E-state index >= 15 is 0 Å². The van der Waals surface area contributed by atoms with Crippen LogP contribution < -0.4 is 9.47 Å². The van der Waals surface area contributed by atoms with Gasteiger partial charge in [-0.15, -0.1) is 0 Å². The van der Waals surface area contributed by atoms with Gasteiger partial charge in [0.25, 0.3) is 11.7 Å². The zero-order valence-corrected chi connectivity index (χ0v) is 21.4. The van der Waals surface area contributed by atoms with E-state index in [0.29, 0.717) is 48.9 Å². The van der Waals surface area contributed by atoms with Gasteiger partial charge in [-0.3, -0.25) is 9.59 Å². The number of ketones is 1. The van der Waals surface area contributed by atoms with Gasteiger partial charge in [0.05, 0.1) is 18.2 Å². The minimum Gasteiger partial charge on any atom is -0.507 e. The van der Waals surface area contributed by atoms with Crippen molar-refractivity contribution in [2.45, 2.75) is 19.6 Å². The second kappa shape index (κ2) is 11.8. The van der Waals surface area contributed by atoms with Crippen molar-refractivity contribution in [3.05, 3.63) is 101 Å². The number of carbonyl (C=O) groups is 2. The van der Waals surface area contributed by atoms with Crippen LogP contribution in [0, 0.1) is 0 Å². The minimum atomic E-state index is -0.723. The Balaban J connectivity index is 1.69. The first-order valence-electron chi connectivity index (χ1n) is 12.3. The second-order valence-corrected chi connectivity index (χ2v) is 9.10. The molecule has 1 saturated heterocycles. The maximum atomic E-state index is 13.2. The number of hydrogen-bond donors (Lipinski definition) is 1. The Morgan fingerprint density at radius 2 is 1.65 bits per heavy atom. The van der Waals surface area contributed by atoms with Crippen LogP contribution in [0.1, 0.15) is 29.7 Å². The van der Waals surface area contributed by atoms with Crippen LogP contribution in [0.15, 0.2) is 84.4 Å². The van der Waals surface area contributed by atoms with Crippen molar-refractivity contribution in [1.82, 2.24) is 9.80 Å². The molecule has 192 valence electrons. The van der Waals surface area contributed by atoms with Crippen molar-refractivity contribution in [1.29, 1.82) is 0 Å². The van der Waals surface area contributed by atoms with Gasteiger partial charge in [0.2, 0.25) is 0 Å². The highest BCUT2D eigenvalue weighted by molar-refractivity contribution is 6.46. The number of nitrogens with zero attached hydrogens (tertiary/aromatic N) is 2. The van der Waals surface area contributed by atoms with E-state index in [4.69, 9.17) is 9.47 Å². The predicted molar refractivity (Wildman–Crippen MR) is 142 cm³/mol. The number of rotatable bonds is 10. The van der Waals surface area contributed by atoms with Crippen LogP contribution in [0.3, 0.4) is 0 Å². The summed E-state index contributed by atoms with van der Waals surface area (Å²) in [5.41, 5.74) is 2.25. The molecule has 0 saturated carbocycles. The summed E-state index contributed by atoms with van der Waals surface area (Å²) in [5.74, 6) is -0.306. The van der Waals surface area contributed by atoms with E-state index in [1.165, 1.54) is 4.90 Å². The third kappa shape index (κ3) is 6.01. The number of aliphatic hydroxyl groups excluding tert-OH is 1. The van der Waals surface area contributed by atoms with Gasteiger partial charge in [0.15, 0.2) is 0 Å². The molecule has 3 aromatic carbocycles. The smallest absolute Gasteiger partial charge is 0.295 e. The molecule has 0 aliphatic carbocycles. The molecule has 1 atom stereocenters. The largest absolute Gasteiger partial charge is 0.507 e. The zero-order valence-electron chi connectivity index (χ0n) is 21.4. The van der Waals surface area contributed by atoms with Crippen LogP contribution >= 0.6 is 0 Å². The first-order valence-corrected chi connectivity index (χ1v) is 12.3. The molecule has 1 fully saturated rings. The average molecular weight is 501 g/mol. The van der Waals surface area contributed by atoms with Gasteiger partial charge in [-0.2, -0.15) is 0 Å². The first-order chi connectivity index (χ1) is 17.9. The molecular weight excluding hydrogens is 468 g/mol. The summed E-state index contributed by atoms with van der Waals surface area (Å²) in [6.45, 7) is 3.68. The highest BCUT2D eigenvalue weighted by atomic mass is 16.5. The second-order valence-electron chi connectivity index (χ2n) is 9.10. The Hall–Kier alpha value is -4.10. The number of benzene rings is 3. The molecule has 0 aromatic heterocycles. The number of amides is 1. The molecule has 1 amide bonds. The molecule has 1 N–H and O–H groups in total. The summed E-state index contributed by atoms with van der Waals surface area (Å²) in [6.07, 6.45) is 0. The summed E-state index contributed by atoms with van der Waals surface area (Å²) < 4.78 is 11.5. The van der Waals surface area contributed by atoms with E-state index in [0.717, 1.165) is 5.56 Å². The maximum absolute atomic E-state index is 13.2. The van der Waals surface area contributed by atoms with Crippen molar-refractivity contribution in [2.24, 2.45) is 0 Å². The number of carbonyl (C=O) groups excluding carboxylic acids is 2. The standard InChI is InChI=1S/C30H32N2O5/c1-4-36-25-12-8-11-23(19-25)28(33)26-27(32(18-17-31(2)3)30(35)29(26)34)22-13-15-24(16-14-22)37-20-21-9-6-5-7-10-21/h5-16,19,27,33H,4,17-18,20H2,1-3H3/b28-26-. The monoisotopic (exact) mass is 500 g/mol. The predicted octanol–water partition coefficient (Wildman–Crippen LogP) is 4.65. The lowest BCUT2D eigenvalue weighted by Crippen LogP contribution is -2.35. The average Bonchev–Trinajstić information content (AvgIpc) is 3.16. The van der Waals surface area contributed by atoms with E-state index in [1.54, 1.807) is 24.3 Å². The lowest BCUT2D eigenvalue weighted by Gasteiger charge is -2.26. The summed E-state index contributed by atoms with van der Waals surface area (Å²) in [4.78, 5) is 29.8. The fraction of sp³-hybridized carbons (Fsp3) is 0.267. The van der Waals surface area contributed by atoms with E-state index < -0.39 is 17.7 Å². The molecule has 1 unspecified atom stereocenters. The Morgan fingerprint density at radius 3 is 2.32 bits per heavy atom. The molecule has 1 aliphatic rings. The van der Waals surface area contributed by atoms with Crippen LogP contribution in [-0.4, -0.2) is 60.4 Å². The molecule has 0 bridgehead atoms. The van der Waals surface area contributed by atoms with E-state index in [9.17, 15) is 14.7 Å². The minimum absolute atomic E-state index is 0.0651. The van der Waals surface area contributed by atoms with Crippen molar-refractivity contribution in [2.75, 3.05) is 33.8 Å². The van der Waals surface area contributed by atoms with Gasteiger partial charge in [-0.25, -0.2) is 0 Å². The molecule has 0 spiro atoms. The third-order valence-electron chi connectivity index (χ3n) is 6.19. The number of aliphatic hydroxyl groups is 1. The Morgan fingerprint density at radius 1 is 0.919 bits per heavy atom. The summed E-state index contributed by atoms with van der Waals surface area (Å²) >= 11 is 0. The molecule has 37 heavy (non-hydrogen) atoms. The number of likely N-dealkylation sites (tertiary alicyclic amines) is 1. The van der Waals surface area contributed by atoms with Crippen LogP contribution in [0.25, 0.3) is 5.76 Å². The van der Waals surface area contributed by atoms with Crippen molar-refractivity contribution >= 4 is 17.4 Å². The lowest BCUT2D eigenvalue weighted by atomic mass is 9.95. The van der Waals surface area contributed by atoms with Crippen LogP contribution in [0.4, 0.5) is 0 Å². The molecule has 1 heterocycles.